The summed E-state index contributed by atoms with van der Waals surface area (Å²) in [5, 5.41) is 0. The van der Waals surface area contributed by atoms with Gasteiger partial charge < -0.3 is 9.83 Å². The number of nitrogens with two attached hydrogens (primary N) is 1. The van der Waals surface area contributed by atoms with Gasteiger partial charge in [0.05, 0.1) is 0 Å². The van der Waals surface area contributed by atoms with E-state index in [2.05, 4.69) is 11.5 Å². The first-order valence-electron chi connectivity index (χ1n) is 3.86. The molecule has 0 amide bonds. The zero-order valence-electron chi connectivity index (χ0n) is 6.91. The van der Waals surface area contributed by atoms with E-state index in [0.29, 0.717) is 0 Å². The van der Waals surface area contributed by atoms with Crippen molar-refractivity contribution in [3.05, 3.63) is 36.0 Å². The Kier molecular flexibility index (Phi) is 1.52. The Morgan fingerprint density at radius 1 is 1.42 bits per heavy atom. The molecule has 0 atom stereocenters. The number of aromatic nitrogens is 1. The second-order valence-electron chi connectivity index (χ2n) is 2.82. The van der Waals surface area contributed by atoms with E-state index >= 15 is 0 Å². The highest BCUT2D eigenvalue weighted by molar-refractivity contribution is 5.62. The predicted molar refractivity (Wildman–Crippen MR) is 49.9 cm³/mol. The molecule has 0 saturated heterocycles. The molecule has 0 saturated carbocycles. The fourth-order valence-electron chi connectivity index (χ4n) is 1.44. The first kappa shape index (κ1) is 7.18. The Hall–Kier alpha value is -1.48. The van der Waals surface area contributed by atoms with Crippen LogP contribution in [0.5, 0.6) is 0 Å². The highest BCUT2D eigenvalue weighted by Crippen LogP contribution is 2.18. The van der Waals surface area contributed by atoms with Crippen molar-refractivity contribution in [1.82, 2.24) is 4.40 Å². The molecule has 0 bridgehead atoms. The number of anilines is 1. The van der Waals surface area contributed by atoms with Crippen molar-refractivity contribution in [3.63, 3.8) is 0 Å². The van der Waals surface area contributed by atoms with Gasteiger partial charge in [-0.05, 0) is 30.7 Å². The Morgan fingerprint density at radius 3 is 3.00 bits per heavy atom. The second kappa shape index (κ2) is 2.53. The molecular weight excluding hydrogens is 150 g/mol. The van der Waals surface area contributed by atoms with Crippen molar-refractivity contribution in [2.75, 3.05) is 5.43 Å². The first-order valence-corrected chi connectivity index (χ1v) is 3.86. The van der Waals surface area contributed by atoms with Gasteiger partial charge in [0.2, 0.25) is 0 Å². The third-order valence-electron chi connectivity index (χ3n) is 2.01. The number of rotatable bonds is 1. The van der Waals surface area contributed by atoms with Gasteiger partial charge in [-0.2, -0.15) is 0 Å². The molecule has 2 aromatic heterocycles. The van der Waals surface area contributed by atoms with Crippen molar-refractivity contribution >= 4 is 11.3 Å². The SMILES string of the molecule is Cc1cc2ccccn2c1NN. The van der Waals surface area contributed by atoms with Crippen molar-refractivity contribution in [2.24, 2.45) is 5.84 Å². The first-order chi connectivity index (χ1) is 5.83. The lowest BCUT2D eigenvalue weighted by Crippen LogP contribution is -2.09. The van der Waals surface area contributed by atoms with Crippen LogP contribution in [0.2, 0.25) is 0 Å². The molecule has 0 aromatic carbocycles. The highest BCUT2D eigenvalue weighted by Gasteiger charge is 2.02. The minimum atomic E-state index is 0.950. The number of hydrogen-bond acceptors (Lipinski definition) is 2. The molecule has 0 radical (unpaired) electrons. The summed E-state index contributed by atoms with van der Waals surface area (Å²) in [6.07, 6.45) is 1.98. The Bertz CT molecular complexity index is 403. The number of hydrogen-bond donors (Lipinski definition) is 2. The molecule has 2 aromatic rings. The van der Waals surface area contributed by atoms with E-state index in [1.807, 2.05) is 35.7 Å². The zero-order chi connectivity index (χ0) is 8.55. The van der Waals surface area contributed by atoms with Crippen LogP contribution in [0.4, 0.5) is 5.82 Å². The van der Waals surface area contributed by atoms with Crippen LogP contribution in [0.1, 0.15) is 5.56 Å². The average Bonchev–Trinajstić information content (AvgIpc) is 2.40. The quantitative estimate of drug-likeness (QED) is 0.492. The van der Waals surface area contributed by atoms with Crippen LogP contribution in [-0.2, 0) is 0 Å². The van der Waals surface area contributed by atoms with Gasteiger partial charge in [0.15, 0.2) is 0 Å². The van der Waals surface area contributed by atoms with Crippen LogP contribution in [0, 0.1) is 6.92 Å². The monoisotopic (exact) mass is 161 g/mol. The van der Waals surface area contributed by atoms with Gasteiger partial charge >= 0.3 is 0 Å². The zero-order valence-corrected chi connectivity index (χ0v) is 6.91. The molecule has 3 nitrogen and oxygen atoms in total. The molecule has 2 heterocycles. The maximum atomic E-state index is 5.39. The fraction of sp³-hybridized carbons (Fsp3) is 0.111. The van der Waals surface area contributed by atoms with E-state index in [-0.39, 0.29) is 0 Å². The number of nitrogen functional groups attached to an aromatic ring is 1. The Balaban J connectivity index is 2.81. The number of fused-ring (bicyclic) bond motifs is 1. The lowest BCUT2D eigenvalue weighted by molar-refractivity contribution is 1.14. The van der Waals surface area contributed by atoms with Gasteiger partial charge in [-0.1, -0.05) is 6.07 Å². The lowest BCUT2D eigenvalue weighted by Gasteiger charge is -2.01. The minimum absolute atomic E-state index is 0.950. The van der Waals surface area contributed by atoms with Crippen LogP contribution in [0.15, 0.2) is 30.5 Å². The van der Waals surface area contributed by atoms with Gasteiger partial charge in [0, 0.05) is 11.7 Å². The van der Waals surface area contributed by atoms with E-state index in [1.54, 1.807) is 0 Å². The molecule has 62 valence electrons. The molecule has 12 heavy (non-hydrogen) atoms. The maximum absolute atomic E-state index is 5.39. The standard InChI is InChI=1S/C9H11N3/c1-7-6-8-4-2-3-5-12(8)9(7)11-10/h2-6,11H,10H2,1H3. The van der Waals surface area contributed by atoms with Gasteiger partial charge in [0.25, 0.3) is 0 Å². The van der Waals surface area contributed by atoms with Gasteiger partial charge in [-0.15, -0.1) is 0 Å². The van der Waals surface area contributed by atoms with Crippen molar-refractivity contribution in [1.29, 1.82) is 0 Å². The van der Waals surface area contributed by atoms with Crippen molar-refractivity contribution in [2.45, 2.75) is 6.92 Å². The van der Waals surface area contributed by atoms with E-state index in [1.165, 1.54) is 0 Å². The molecule has 3 N–H and O–H groups in total. The topological polar surface area (TPSA) is 42.5 Å². The van der Waals surface area contributed by atoms with Crippen molar-refractivity contribution in [3.8, 4) is 0 Å². The molecular formula is C9H11N3. The van der Waals surface area contributed by atoms with Crippen LogP contribution in [0.25, 0.3) is 5.52 Å². The predicted octanol–water partition coefficient (Wildman–Crippen LogP) is 1.53. The maximum Gasteiger partial charge on any atom is 0.127 e. The van der Waals surface area contributed by atoms with Crippen LogP contribution < -0.4 is 11.3 Å². The summed E-state index contributed by atoms with van der Waals surface area (Å²) in [6, 6.07) is 8.13. The molecule has 0 aliphatic rings. The minimum Gasteiger partial charge on any atom is -0.309 e. The average molecular weight is 161 g/mol. The Labute approximate surface area is 70.8 Å². The molecule has 0 unspecified atom stereocenters. The molecule has 0 aliphatic heterocycles. The summed E-state index contributed by atoms with van der Waals surface area (Å²) >= 11 is 0. The molecule has 0 aliphatic carbocycles. The summed E-state index contributed by atoms with van der Waals surface area (Å²) in [6.45, 7) is 2.03. The van der Waals surface area contributed by atoms with E-state index < -0.39 is 0 Å². The summed E-state index contributed by atoms with van der Waals surface area (Å²) in [7, 11) is 0. The van der Waals surface area contributed by atoms with Crippen LogP contribution >= 0.6 is 0 Å². The third kappa shape index (κ3) is 0.871. The van der Waals surface area contributed by atoms with E-state index in [4.69, 9.17) is 5.84 Å². The molecule has 2 rings (SSSR count). The summed E-state index contributed by atoms with van der Waals surface area (Å²) in [5.41, 5.74) is 4.99. The highest BCUT2D eigenvalue weighted by atomic mass is 15.3. The summed E-state index contributed by atoms with van der Waals surface area (Å²) in [5.74, 6) is 6.34. The smallest absolute Gasteiger partial charge is 0.127 e. The number of hydrazine groups is 1. The largest absolute Gasteiger partial charge is 0.309 e. The van der Waals surface area contributed by atoms with E-state index in [9.17, 15) is 0 Å². The van der Waals surface area contributed by atoms with Gasteiger partial charge in [-0.3, -0.25) is 0 Å². The number of nitrogens with one attached hydrogen (secondary N) is 1. The number of nitrogens with zero attached hydrogens (tertiary/aromatic N) is 1. The molecule has 3 heteroatoms. The van der Waals surface area contributed by atoms with Crippen LogP contribution in [-0.4, -0.2) is 4.40 Å². The number of aryl methyl sites for hydroxylation is 1. The van der Waals surface area contributed by atoms with Crippen molar-refractivity contribution < 1.29 is 0 Å². The molecule has 0 fully saturated rings. The van der Waals surface area contributed by atoms with Crippen LogP contribution in [0.3, 0.4) is 0 Å². The molecule has 0 spiro atoms. The van der Waals surface area contributed by atoms with E-state index in [0.717, 1.165) is 16.9 Å². The van der Waals surface area contributed by atoms with Gasteiger partial charge in [0.1, 0.15) is 5.82 Å². The Morgan fingerprint density at radius 2 is 2.25 bits per heavy atom. The second-order valence-corrected chi connectivity index (χ2v) is 2.82. The fourth-order valence-corrected chi connectivity index (χ4v) is 1.44. The number of pyridine rings is 1. The van der Waals surface area contributed by atoms with Gasteiger partial charge in [-0.25, -0.2) is 5.84 Å². The third-order valence-corrected chi connectivity index (χ3v) is 2.01. The summed E-state index contributed by atoms with van der Waals surface area (Å²) < 4.78 is 2.02. The lowest BCUT2D eigenvalue weighted by atomic mass is 10.3. The summed E-state index contributed by atoms with van der Waals surface area (Å²) in [4.78, 5) is 0. The normalized spacial score (nSPS) is 10.5.